The minimum atomic E-state index is -0.866. The Balaban J connectivity index is 2.66. The fourth-order valence-corrected chi connectivity index (χ4v) is 2.04. The summed E-state index contributed by atoms with van der Waals surface area (Å²) in [7, 11) is -0.866. The van der Waals surface area contributed by atoms with Gasteiger partial charge in [0.1, 0.15) is 0 Å². The average molecular weight is 292 g/mol. The van der Waals surface area contributed by atoms with Gasteiger partial charge in [-0.25, -0.2) is 0 Å². The zero-order valence-electron chi connectivity index (χ0n) is 11.8. The van der Waals surface area contributed by atoms with E-state index in [2.05, 4.69) is 17.2 Å². The SMILES string of the molecule is CC(CCNC(=O)c1ccccc1C#CCN)S(C)=O. The highest BCUT2D eigenvalue weighted by molar-refractivity contribution is 7.84. The number of benzene rings is 1. The number of carbonyl (C=O) groups excluding carboxylic acids is 1. The first-order chi connectivity index (χ1) is 9.56. The predicted octanol–water partition coefficient (Wildman–Crippen LogP) is 0.884. The quantitative estimate of drug-likeness (QED) is 0.792. The molecule has 0 bridgehead atoms. The normalized spacial score (nSPS) is 12.9. The molecule has 20 heavy (non-hydrogen) atoms. The molecule has 0 radical (unpaired) electrons. The minimum Gasteiger partial charge on any atom is -0.352 e. The summed E-state index contributed by atoms with van der Waals surface area (Å²) in [5, 5.41) is 2.90. The largest absolute Gasteiger partial charge is 0.352 e. The third-order valence-electron chi connectivity index (χ3n) is 2.90. The van der Waals surface area contributed by atoms with Crippen molar-refractivity contribution < 1.29 is 9.00 Å². The van der Waals surface area contributed by atoms with E-state index in [1.165, 1.54) is 0 Å². The van der Waals surface area contributed by atoms with Gasteiger partial charge < -0.3 is 11.1 Å². The van der Waals surface area contributed by atoms with Crippen molar-refractivity contribution in [1.82, 2.24) is 5.32 Å². The Kier molecular flexibility index (Phi) is 6.99. The van der Waals surface area contributed by atoms with Crippen molar-refractivity contribution in [2.24, 2.45) is 5.73 Å². The second kappa shape index (κ2) is 8.51. The van der Waals surface area contributed by atoms with Crippen LogP contribution < -0.4 is 11.1 Å². The van der Waals surface area contributed by atoms with Crippen LogP contribution in [-0.4, -0.2) is 34.7 Å². The highest BCUT2D eigenvalue weighted by atomic mass is 32.2. The minimum absolute atomic E-state index is 0.0718. The molecule has 1 rings (SSSR count). The van der Waals surface area contributed by atoms with Crippen molar-refractivity contribution in [3.63, 3.8) is 0 Å². The molecule has 0 aromatic heterocycles. The molecule has 0 spiro atoms. The van der Waals surface area contributed by atoms with Crippen molar-refractivity contribution in [3.05, 3.63) is 35.4 Å². The highest BCUT2D eigenvalue weighted by Crippen LogP contribution is 2.07. The molecule has 2 unspecified atom stereocenters. The van der Waals surface area contributed by atoms with Crippen LogP contribution in [0.1, 0.15) is 29.3 Å². The summed E-state index contributed by atoms with van der Waals surface area (Å²) < 4.78 is 11.2. The first-order valence-electron chi connectivity index (χ1n) is 6.44. The van der Waals surface area contributed by atoms with Crippen LogP contribution >= 0.6 is 0 Å². The van der Waals surface area contributed by atoms with Gasteiger partial charge in [-0.15, -0.1) is 0 Å². The average Bonchev–Trinajstić information content (AvgIpc) is 2.45. The van der Waals surface area contributed by atoms with E-state index in [0.29, 0.717) is 24.1 Å². The van der Waals surface area contributed by atoms with E-state index in [-0.39, 0.29) is 17.7 Å². The van der Waals surface area contributed by atoms with Gasteiger partial charge in [0.15, 0.2) is 0 Å². The van der Waals surface area contributed by atoms with Crippen molar-refractivity contribution >= 4 is 16.7 Å². The number of amides is 1. The van der Waals surface area contributed by atoms with Crippen molar-refractivity contribution in [2.45, 2.75) is 18.6 Å². The van der Waals surface area contributed by atoms with Gasteiger partial charge in [-0.3, -0.25) is 9.00 Å². The zero-order chi connectivity index (χ0) is 15.0. The van der Waals surface area contributed by atoms with E-state index in [0.717, 1.165) is 0 Å². The number of hydrogen-bond donors (Lipinski definition) is 2. The summed E-state index contributed by atoms with van der Waals surface area (Å²) in [6.07, 6.45) is 2.36. The monoisotopic (exact) mass is 292 g/mol. The van der Waals surface area contributed by atoms with Gasteiger partial charge in [-0.05, 0) is 18.6 Å². The first-order valence-corrected chi connectivity index (χ1v) is 8.06. The smallest absolute Gasteiger partial charge is 0.252 e. The van der Waals surface area contributed by atoms with Crippen molar-refractivity contribution in [2.75, 3.05) is 19.3 Å². The van der Waals surface area contributed by atoms with Crippen molar-refractivity contribution in [3.8, 4) is 11.8 Å². The van der Waals surface area contributed by atoms with E-state index in [4.69, 9.17) is 5.73 Å². The summed E-state index contributed by atoms with van der Waals surface area (Å²) in [4.78, 5) is 12.1. The van der Waals surface area contributed by atoms with Crippen LogP contribution in [0.25, 0.3) is 0 Å². The predicted molar refractivity (Wildman–Crippen MR) is 82.9 cm³/mol. The van der Waals surface area contributed by atoms with Gasteiger partial charge in [0.25, 0.3) is 5.91 Å². The Bertz CT molecular complexity index is 546. The molecule has 0 saturated carbocycles. The molecule has 2 atom stereocenters. The van der Waals surface area contributed by atoms with Gasteiger partial charge in [0.05, 0.1) is 12.1 Å². The van der Waals surface area contributed by atoms with Crippen LogP contribution in [0.4, 0.5) is 0 Å². The molecule has 0 aliphatic heterocycles. The number of nitrogens with two attached hydrogens (primary N) is 1. The Labute approximate surface area is 122 Å². The second-order valence-electron chi connectivity index (χ2n) is 4.41. The molecule has 5 heteroatoms. The third-order valence-corrected chi connectivity index (χ3v) is 4.27. The highest BCUT2D eigenvalue weighted by Gasteiger charge is 2.10. The third kappa shape index (κ3) is 5.16. The molecule has 0 heterocycles. The van der Waals surface area contributed by atoms with Gasteiger partial charge in [0.2, 0.25) is 0 Å². The Morgan fingerprint density at radius 3 is 2.80 bits per heavy atom. The first kappa shape index (κ1) is 16.4. The van der Waals surface area contributed by atoms with Crippen LogP contribution in [0, 0.1) is 11.8 Å². The van der Waals surface area contributed by atoms with Crippen LogP contribution in [-0.2, 0) is 10.8 Å². The molecule has 1 aromatic rings. The molecular formula is C15H20N2O2S. The van der Waals surface area contributed by atoms with E-state index < -0.39 is 10.8 Å². The molecule has 0 fully saturated rings. The van der Waals surface area contributed by atoms with Gasteiger partial charge in [-0.2, -0.15) is 0 Å². The maximum absolute atomic E-state index is 12.1. The molecule has 1 amide bonds. The summed E-state index contributed by atoms with van der Waals surface area (Å²) in [6.45, 7) is 2.66. The summed E-state index contributed by atoms with van der Waals surface area (Å²) in [6, 6.07) is 7.16. The molecule has 0 saturated heterocycles. The van der Waals surface area contributed by atoms with Crippen molar-refractivity contribution in [1.29, 1.82) is 0 Å². The lowest BCUT2D eigenvalue weighted by molar-refractivity contribution is 0.0953. The molecule has 1 aromatic carbocycles. The van der Waals surface area contributed by atoms with Crippen LogP contribution in [0.5, 0.6) is 0 Å². The molecule has 108 valence electrons. The fourth-order valence-electron chi connectivity index (χ4n) is 1.59. The lowest BCUT2D eigenvalue weighted by Crippen LogP contribution is -2.28. The summed E-state index contributed by atoms with van der Waals surface area (Å²) >= 11 is 0. The second-order valence-corrected chi connectivity index (χ2v) is 6.21. The van der Waals surface area contributed by atoms with E-state index in [1.54, 1.807) is 24.5 Å². The number of hydrogen-bond acceptors (Lipinski definition) is 3. The summed E-state index contributed by atoms with van der Waals surface area (Å²) in [5.41, 5.74) is 6.55. The molecule has 0 aliphatic rings. The lowest BCUT2D eigenvalue weighted by Gasteiger charge is -2.10. The van der Waals surface area contributed by atoms with E-state index >= 15 is 0 Å². The van der Waals surface area contributed by atoms with Gasteiger partial charge >= 0.3 is 0 Å². The standard InChI is InChI=1S/C15H20N2O2S/c1-12(20(2)19)9-11-17-15(18)14-8-4-3-6-13(14)7-5-10-16/h3-4,6,8,12H,9-11,16H2,1-2H3,(H,17,18). The van der Waals surface area contributed by atoms with E-state index in [9.17, 15) is 9.00 Å². The van der Waals surface area contributed by atoms with Crippen LogP contribution in [0.15, 0.2) is 24.3 Å². The maximum Gasteiger partial charge on any atom is 0.252 e. The Hall–Kier alpha value is -1.64. The number of nitrogens with one attached hydrogen (secondary N) is 1. The van der Waals surface area contributed by atoms with Crippen LogP contribution in [0.3, 0.4) is 0 Å². The molecule has 0 aliphatic carbocycles. The van der Waals surface area contributed by atoms with E-state index in [1.807, 2.05) is 13.0 Å². The molecule has 3 N–H and O–H groups in total. The topological polar surface area (TPSA) is 72.2 Å². The molecule has 4 nitrogen and oxygen atoms in total. The van der Waals surface area contributed by atoms with Gasteiger partial charge in [-0.1, -0.05) is 30.9 Å². The molecular weight excluding hydrogens is 272 g/mol. The lowest BCUT2D eigenvalue weighted by atomic mass is 10.1. The number of rotatable bonds is 5. The fraction of sp³-hybridized carbons (Fsp3) is 0.400. The zero-order valence-corrected chi connectivity index (χ0v) is 12.6. The number of carbonyl (C=O) groups is 1. The maximum atomic E-state index is 12.1. The summed E-state index contributed by atoms with van der Waals surface area (Å²) in [5.74, 6) is 5.47. The Morgan fingerprint density at radius 2 is 2.15 bits per heavy atom. The van der Waals surface area contributed by atoms with Gasteiger partial charge in [0, 0.05) is 34.4 Å². The Morgan fingerprint density at radius 1 is 1.45 bits per heavy atom. The van der Waals surface area contributed by atoms with Crippen LogP contribution in [0.2, 0.25) is 0 Å².